The largest absolute Gasteiger partial charge is 0.389 e. The molecule has 1 aromatic heterocycles. The number of nitrogens with one attached hydrogen (secondary N) is 1. The van der Waals surface area contributed by atoms with Crippen molar-refractivity contribution >= 4 is 27.4 Å². The lowest BCUT2D eigenvalue weighted by molar-refractivity contribution is -0.114. The zero-order chi connectivity index (χ0) is 11.5. The number of thiazole rings is 1. The first kappa shape index (κ1) is 11.4. The Morgan fingerprint density at radius 2 is 2.12 bits per heavy atom. The Kier molecular flexibility index (Phi) is 3.43. The molecule has 0 atom stereocenters. The summed E-state index contributed by atoms with van der Waals surface area (Å²) in [5, 5.41) is 4.08. The molecule has 1 fully saturated rings. The monoisotopic (exact) mass is 239 g/mol. The van der Waals surface area contributed by atoms with Crippen molar-refractivity contribution in [2.24, 2.45) is 0 Å². The fourth-order valence-corrected chi connectivity index (χ4v) is 3.08. The Hall–Kier alpha value is -1.10. The third-order valence-corrected chi connectivity index (χ3v) is 3.77. The van der Waals surface area contributed by atoms with Crippen LogP contribution in [0.25, 0.3) is 0 Å². The highest BCUT2D eigenvalue weighted by atomic mass is 32.1. The SMILES string of the molecule is CC(=O)Nc1nc(C2CCCCC2)c(N)s1. The lowest BCUT2D eigenvalue weighted by Crippen LogP contribution is -2.08. The van der Waals surface area contributed by atoms with E-state index in [1.807, 2.05) is 0 Å². The van der Waals surface area contributed by atoms with E-state index in [1.165, 1.54) is 50.4 Å². The Morgan fingerprint density at radius 1 is 1.44 bits per heavy atom. The molecule has 2 rings (SSSR count). The molecule has 16 heavy (non-hydrogen) atoms. The van der Waals surface area contributed by atoms with Crippen LogP contribution in [0.5, 0.6) is 0 Å². The molecule has 0 unspecified atom stereocenters. The molecule has 1 saturated carbocycles. The standard InChI is InChI=1S/C11H17N3OS/c1-7(15)13-11-14-9(10(12)16-11)8-5-3-2-4-6-8/h8H,2-6,12H2,1H3,(H,13,14,15). The van der Waals surface area contributed by atoms with E-state index in [9.17, 15) is 4.79 Å². The van der Waals surface area contributed by atoms with E-state index in [4.69, 9.17) is 5.73 Å². The van der Waals surface area contributed by atoms with Crippen LogP contribution in [-0.2, 0) is 4.79 Å². The van der Waals surface area contributed by atoms with E-state index in [2.05, 4.69) is 10.3 Å². The van der Waals surface area contributed by atoms with E-state index < -0.39 is 0 Å². The van der Waals surface area contributed by atoms with E-state index in [-0.39, 0.29) is 5.91 Å². The molecule has 0 aliphatic heterocycles. The van der Waals surface area contributed by atoms with E-state index in [0.717, 1.165) is 10.7 Å². The highest BCUT2D eigenvalue weighted by Gasteiger charge is 2.21. The highest BCUT2D eigenvalue weighted by Crippen LogP contribution is 2.38. The molecule has 0 spiro atoms. The summed E-state index contributed by atoms with van der Waals surface area (Å²) in [6.07, 6.45) is 6.19. The second-order valence-electron chi connectivity index (χ2n) is 4.28. The number of aromatic nitrogens is 1. The Bertz CT molecular complexity index is 383. The van der Waals surface area contributed by atoms with Gasteiger partial charge in [0, 0.05) is 12.8 Å². The van der Waals surface area contributed by atoms with Gasteiger partial charge in [0.25, 0.3) is 0 Å². The molecule has 0 aromatic carbocycles. The van der Waals surface area contributed by atoms with Crippen LogP contribution >= 0.6 is 11.3 Å². The maximum Gasteiger partial charge on any atom is 0.223 e. The summed E-state index contributed by atoms with van der Waals surface area (Å²) >= 11 is 1.37. The predicted molar refractivity (Wildman–Crippen MR) is 66.7 cm³/mol. The number of carbonyl (C=O) groups excluding carboxylic acids is 1. The molecule has 4 nitrogen and oxygen atoms in total. The van der Waals surface area contributed by atoms with Crippen LogP contribution in [0.1, 0.15) is 50.6 Å². The summed E-state index contributed by atoms with van der Waals surface area (Å²) in [5.74, 6) is 0.399. The van der Waals surface area contributed by atoms with Crippen molar-refractivity contribution in [2.45, 2.75) is 44.9 Å². The molecule has 0 radical (unpaired) electrons. The minimum Gasteiger partial charge on any atom is -0.389 e. The summed E-state index contributed by atoms with van der Waals surface area (Å²) in [4.78, 5) is 15.4. The number of nitrogens with zero attached hydrogens (tertiary/aromatic N) is 1. The van der Waals surface area contributed by atoms with Gasteiger partial charge >= 0.3 is 0 Å². The van der Waals surface area contributed by atoms with Gasteiger partial charge < -0.3 is 11.1 Å². The summed E-state index contributed by atoms with van der Waals surface area (Å²) < 4.78 is 0. The number of carbonyl (C=O) groups is 1. The second-order valence-corrected chi connectivity index (χ2v) is 5.32. The van der Waals surface area contributed by atoms with Crippen molar-refractivity contribution in [2.75, 3.05) is 11.1 Å². The smallest absolute Gasteiger partial charge is 0.223 e. The third-order valence-electron chi connectivity index (χ3n) is 2.96. The Balaban J connectivity index is 2.13. The van der Waals surface area contributed by atoms with Crippen molar-refractivity contribution in [3.05, 3.63) is 5.69 Å². The van der Waals surface area contributed by atoms with Crippen LogP contribution in [0.3, 0.4) is 0 Å². The van der Waals surface area contributed by atoms with Crippen LogP contribution in [-0.4, -0.2) is 10.9 Å². The number of hydrogen-bond acceptors (Lipinski definition) is 4. The lowest BCUT2D eigenvalue weighted by atomic mass is 9.87. The van der Waals surface area contributed by atoms with Gasteiger partial charge in [0.05, 0.1) is 5.69 Å². The number of amides is 1. The molecule has 3 N–H and O–H groups in total. The first-order valence-corrected chi connectivity index (χ1v) is 6.52. The number of nitrogen functional groups attached to an aromatic ring is 1. The molecule has 88 valence electrons. The van der Waals surface area contributed by atoms with E-state index in [0.29, 0.717) is 11.0 Å². The maximum atomic E-state index is 10.9. The molecule has 0 bridgehead atoms. The molecule has 5 heteroatoms. The number of hydrogen-bond donors (Lipinski definition) is 2. The topological polar surface area (TPSA) is 68.0 Å². The zero-order valence-corrected chi connectivity index (χ0v) is 10.3. The van der Waals surface area contributed by atoms with Gasteiger partial charge in [-0.3, -0.25) is 4.79 Å². The van der Waals surface area contributed by atoms with Crippen molar-refractivity contribution < 1.29 is 4.79 Å². The quantitative estimate of drug-likeness (QED) is 0.833. The molecule has 1 heterocycles. The fourth-order valence-electron chi connectivity index (χ4n) is 2.22. The number of rotatable bonds is 2. The summed E-state index contributed by atoms with van der Waals surface area (Å²) in [6, 6.07) is 0. The van der Waals surface area contributed by atoms with Gasteiger partial charge in [-0.25, -0.2) is 4.98 Å². The van der Waals surface area contributed by atoms with Crippen LogP contribution in [0, 0.1) is 0 Å². The fraction of sp³-hybridized carbons (Fsp3) is 0.636. The van der Waals surface area contributed by atoms with Crippen molar-refractivity contribution in [3.63, 3.8) is 0 Å². The minimum absolute atomic E-state index is 0.0936. The van der Waals surface area contributed by atoms with Crippen LogP contribution in [0.2, 0.25) is 0 Å². The predicted octanol–water partition coefficient (Wildman–Crippen LogP) is 2.73. The van der Waals surface area contributed by atoms with Crippen molar-refractivity contribution in [3.8, 4) is 0 Å². The molecule has 1 amide bonds. The van der Waals surface area contributed by atoms with E-state index in [1.54, 1.807) is 0 Å². The molecule has 1 aromatic rings. The van der Waals surface area contributed by atoms with Gasteiger partial charge in [-0.05, 0) is 12.8 Å². The Morgan fingerprint density at radius 3 is 2.75 bits per heavy atom. The van der Waals surface area contributed by atoms with Crippen molar-refractivity contribution in [1.29, 1.82) is 0 Å². The average molecular weight is 239 g/mol. The normalized spacial score (nSPS) is 17.3. The number of nitrogens with two attached hydrogens (primary N) is 1. The van der Waals surface area contributed by atoms with Gasteiger partial charge in [-0.1, -0.05) is 30.6 Å². The summed E-state index contributed by atoms with van der Waals surface area (Å²) in [6.45, 7) is 1.48. The first-order chi connectivity index (χ1) is 7.66. The highest BCUT2D eigenvalue weighted by molar-refractivity contribution is 7.19. The zero-order valence-electron chi connectivity index (χ0n) is 9.45. The Labute approximate surface area is 99.3 Å². The molecule has 0 saturated heterocycles. The van der Waals surface area contributed by atoms with Crippen LogP contribution in [0.15, 0.2) is 0 Å². The average Bonchev–Trinajstić information content (AvgIpc) is 2.60. The van der Waals surface area contributed by atoms with Crippen molar-refractivity contribution in [1.82, 2.24) is 4.98 Å². The molecular weight excluding hydrogens is 222 g/mol. The van der Waals surface area contributed by atoms with Crippen LogP contribution in [0.4, 0.5) is 10.1 Å². The van der Waals surface area contributed by atoms with Gasteiger partial charge in [-0.2, -0.15) is 0 Å². The first-order valence-electron chi connectivity index (χ1n) is 5.70. The number of anilines is 2. The molecule has 1 aliphatic carbocycles. The van der Waals surface area contributed by atoms with Gasteiger partial charge in [0.1, 0.15) is 5.00 Å². The lowest BCUT2D eigenvalue weighted by Gasteiger charge is -2.19. The second kappa shape index (κ2) is 4.82. The van der Waals surface area contributed by atoms with E-state index >= 15 is 0 Å². The molecule has 1 aliphatic rings. The van der Waals surface area contributed by atoms with Crippen LogP contribution < -0.4 is 11.1 Å². The minimum atomic E-state index is -0.0936. The van der Waals surface area contributed by atoms with Gasteiger partial charge in [0.15, 0.2) is 5.13 Å². The van der Waals surface area contributed by atoms with Gasteiger partial charge in [-0.15, -0.1) is 0 Å². The maximum absolute atomic E-state index is 10.9. The summed E-state index contributed by atoms with van der Waals surface area (Å²) in [5.41, 5.74) is 6.95. The molecular formula is C11H17N3OS. The third kappa shape index (κ3) is 2.52. The summed E-state index contributed by atoms with van der Waals surface area (Å²) in [7, 11) is 0. The van der Waals surface area contributed by atoms with Gasteiger partial charge in [0.2, 0.25) is 5.91 Å².